The number of aromatic nitrogens is 3. The lowest BCUT2D eigenvalue weighted by Crippen LogP contribution is -2.12. The van der Waals surface area contributed by atoms with Crippen molar-refractivity contribution in [2.75, 3.05) is 0 Å². The predicted octanol–water partition coefficient (Wildman–Crippen LogP) is 3.27. The number of rotatable bonds is 2. The van der Waals surface area contributed by atoms with Crippen molar-refractivity contribution in [3.8, 4) is 0 Å². The van der Waals surface area contributed by atoms with E-state index in [1.165, 1.54) is 19.3 Å². The molecule has 0 spiro atoms. The largest absolute Gasteiger partial charge is 0.478 e. The van der Waals surface area contributed by atoms with E-state index >= 15 is 0 Å². The smallest absolute Gasteiger partial charge is 0.337 e. The van der Waals surface area contributed by atoms with Gasteiger partial charge in [-0.25, -0.2) is 9.48 Å². The summed E-state index contributed by atoms with van der Waals surface area (Å²) in [6.07, 6.45) is 5.68. The molecule has 1 heterocycles. The summed E-state index contributed by atoms with van der Waals surface area (Å²) in [5.74, 6) is -0.171. The van der Waals surface area contributed by atoms with Crippen LogP contribution in [0.25, 0.3) is 11.0 Å². The molecule has 2 aromatic rings. The van der Waals surface area contributed by atoms with Crippen LogP contribution in [0.5, 0.6) is 0 Å². The second-order valence-corrected chi connectivity index (χ2v) is 5.78. The Morgan fingerprint density at radius 1 is 1.30 bits per heavy atom. The minimum absolute atomic E-state index is 0.269. The summed E-state index contributed by atoms with van der Waals surface area (Å²) in [5, 5.41) is 17.7. The van der Waals surface area contributed by atoms with Gasteiger partial charge in [-0.15, -0.1) is 5.10 Å². The van der Waals surface area contributed by atoms with E-state index in [1.54, 1.807) is 12.1 Å². The van der Waals surface area contributed by atoms with Gasteiger partial charge in [-0.2, -0.15) is 0 Å². The first-order valence-corrected chi connectivity index (χ1v) is 7.24. The fraction of sp³-hybridized carbons (Fsp3) is 0.533. The minimum Gasteiger partial charge on any atom is -0.478 e. The van der Waals surface area contributed by atoms with Crippen molar-refractivity contribution in [1.82, 2.24) is 15.0 Å². The van der Waals surface area contributed by atoms with Gasteiger partial charge in [-0.05, 0) is 37.3 Å². The summed E-state index contributed by atoms with van der Waals surface area (Å²) >= 11 is 0. The summed E-state index contributed by atoms with van der Waals surface area (Å²) in [6, 6.07) is 5.44. The Kier molecular flexibility index (Phi) is 3.42. The highest BCUT2D eigenvalue weighted by molar-refractivity contribution is 6.00. The molecule has 5 nitrogen and oxygen atoms in total. The van der Waals surface area contributed by atoms with E-state index in [0.717, 1.165) is 18.8 Å². The lowest BCUT2D eigenvalue weighted by molar-refractivity contribution is 0.0698. The number of nitrogens with zero attached hydrogens (tertiary/aromatic N) is 3. The van der Waals surface area contributed by atoms with Gasteiger partial charge in [0.2, 0.25) is 0 Å². The highest BCUT2D eigenvalue weighted by Crippen LogP contribution is 2.32. The van der Waals surface area contributed by atoms with Crippen LogP contribution < -0.4 is 0 Å². The van der Waals surface area contributed by atoms with Crippen LogP contribution in [0.1, 0.15) is 55.4 Å². The molecule has 0 amide bonds. The minimum atomic E-state index is -0.916. The second-order valence-electron chi connectivity index (χ2n) is 5.78. The zero-order valence-corrected chi connectivity index (χ0v) is 11.6. The second kappa shape index (κ2) is 5.23. The van der Waals surface area contributed by atoms with Gasteiger partial charge in [-0.1, -0.05) is 31.0 Å². The van der Waals surface area contributed by atoms with Crippen molar-refractivity contribution in [3.63, 3.8) is 0 Å². The molecule has 3 rings (SSSR count). The molecule has 106 valence electrons. The topological polar surface area (TPSA) is 68.0 Å². The van der Waals surface area contributed by atoms with Crippen LogP contribution in [-0.4, -0.2) is 26.1 Å². The van der Waals surface area contributed by atoms with Crippen LogP contribution in [-0.2, 0) is 0 Å². The molecule has 5 heteroatoms. The normalized spacial score (nSPS) is 23.6. The van der Waals surface area contributed by atoms with Gasteiger partial charge >= 0.3 is 5.97 Å². The van der Waals surface area contributed by atoms with E-state index in [-0.39, 0.29) is 6.04 Å². The highest BCUT2D eigenvalue weighted by atomic mass is 16.4. The number of hydrogen-bond donors (Lipinski definition) is 1. The first-order valence-electron chi connectivity index (χ1n) is 7.24. The summed E-state index contributed by atoms with van der Waals surface area (Å²) in [4.78, 5) is 11.4. The Bertz CT molecular complexity index is 635. The van der Waals surface area contributed by atoms with Gasteiger partial charge < -0.3 is 5.11 Å². The molecule has 1 saturated carbocycles. The number of benzene rings is 1. The first kappa shape index (κ1) is 13.1. The molecule has 1 fully saturated rings. The van der Waals surface area contributed by atoms with Crippen molar-refractivity contribution in [2.45, 2.75) is 45.1 Å². The monoisotopic (exact) mass is 273 g/mol. The van der Waals surface area contributed by atoms with Gasteiger partial charge in [0.15, 0.2) is 0 Å². The van der Waals surface area contributed by atoms with E-state index in [0.29, 0.717) is 16.6 Å². The van der Waals surface area contributed by atoms with Gasteiger partial charge in [-0.3, -0.25) is 0 Å². The SMILES string of the molecule is CC1CCCC(n2nnc3cccc(C(=O)O)c32)CC1. The van der Waals surface area contributed by atoms with Crippen molar-refractivity contribution < 1.29 is 9.90 Å². The third kappa shape index (κ3) is 2.28. The van der Waals surface area contributed by atoms with Crippen molar-refractivity contribution >= 4 is 17.0 Å². The van der Waals surface area contributed by atoms with Crippen LogP contribution in [0.3, 0.4) is 0 Å². The molecule has 1 N–H and O–H groups in total. The molecule has 0 saturated heterocycles. The zero-order valence-electron chi connectivity index (χ0n) is 11.6. The van der Waals surface area contributed by atoms with E-state index in [9.17, 15) is 9.90 Å². The average molecular weight is 273 g/mol. The van der Waals surface area contributed by atoms with E-state index < -0.39 is 5.97 Å². The number of aromatic carboxylic acids is 1. The molecular formula is C15H19N3O2. The Balaban J connectivity index is 2.05. The maximum absolute atomic E-state index is 11.4. The molecule has 0 aliphatic heterocycles. The van der Waals surface area contributed by atoms with E-state index in [1.807, 2.05) is 10.7 Å². The van der Waals surface area contributed by atoms with Gasteiger partial charge in [0.05, 0.1) is 11.6 Å². The maximum atomic E-state index is 11.4. The molecule has 1 aliphatic carbocycles. The van der Waals surface area contributed by atoms with E-state index in [2.05, 4.69) is 17.2 Å². The molecule has 1 aromatic carbocycles. The quantitative estimate of drug-likeness (QED) is 0.853. The molecule has 20 heavy (non-hydrogen) atoms. The van der Waals surface area contributed by atoms with Crippen LogP contribution in [0, 0.1) is 5.92 Å². The van der Waals surface area contributed by atoms with Crippen molar-refractivity contribution in [1.29, 1.82) is 0 Å². The van der Waals surface area contributed by atoms with Crippen molar-refractivity contribution in [2.24, 2.45) is 5.92 Å². The lowest BCUT2D eigenvalue weighted by Gasteiger charge is -2.15. The first-order chi connectivity index (χ1) is 9.66. The highest BCUT2D eigenvalue weighted by Gasteiger charge is 2.23. The molecule has 0 bridgehead atoms. The zero-order chi connectivity index (χ0) is 14.1. The standard InChI is InChI=1S/C15H19N3O2/c1-10-4-2-5-11(9-8-10)18-14-12(15(19)20)6-3-7-13(14)16-17-18/h3,6-7,10-11H,2,4-5,8-9H2,1H3,(H,19,20). The number of hydrogen-bond acceptors (Lipinski definition) is 3. The van der Waals surface area contributed by atoms with Crippen molar-refractivity contribution in [3.05, 3.63) is 23.8 Å². The summed E-state index contributed by atoms with van der Waals surface area (Å²) < 4.78 is 1.84. The maximum Gasteiger partial charge on any atom is 0.337 e. The molecule has 2 atom stereocenters. The number of carboxylic acids is 1. The third-order valence-electron chi connectivity index (χ3n) is 4.30. The molecule has 0 radical (unpaired) electrons. The molecule has 1 aromatic heterocycles. The lowest BCUT2D eigenvalue weighted by atomic mass is 10.0. The Hall–Kier alpha value is -1.91. The molecule has 2 unspecified atom stereocenters. The Labute approximate surface area is 117 Å². The van der Waals surface area contributed by atoms with Crippen LogP contribution >= 0.6 is 0 Å². The molecule has 1 aliphatic rings. The number of fused-ring (bicyclic) bond motifs is 1. The third-order valence-corrected chi connectivity index (χ3v) is 4.30. The fourth-order valence-electron chi connectivity index (χ4n) is 3.13. The predicted molar refractivity (Wildman–Crippen MR) is 75.8 cm³/mol. The van der Waals surface area contributed by atoms with Gasteiger partial charge in [0.25, 0.3) is 0 Å². The van der Waals surface area contributed by atoms with Crippen LogP contribution in [0.2, 0.25) is 0 Å². The van der Waals surface area contributed by atoms with Gasteiger partial charge in [0, 0.05) is 0 Å². The average Bonchev–Trinajstić information content (AvgIpc) is 2.75. The summed E-state index contributed by atoms with van der Waals surface area (Å²) in [5.41, 5.74) is 1.63. The summed E-state index contributed by atoms with van der Waals surface area (Å²) in [7, 11) is 0. The number of carboxylic acid groups (broad SMARTS) is 1. The Morgan fingerprint density at radius 3 is 2.95 bits per heavy atom. The Morgan fingerprint density at radius 2 is 2.15 bits per heavy atom. The number of para-hydroxylation sites is 1. The summed E-state index contributed by atoms with van der Waals surface area (Å²) in [6.45, 7) is 2.28. The van der Waals surface area contributed by atoms with Crippen LogP contribution in [0.4, 0.5) is 0 Å². The van der Waals surface area contributed by atoms with Crippen LogP contribution in [0.15, 0.2) is 18.2 Å². The van der Waals surface area contributed by atoms with Gasteiger partial charge in [0.1, 0.15) is 11.0 Å². The molecular weight excluding hydrogens is 254 g/mol. The van der Waals surface area contributed by atoms with E-state index in [4.69, 9.17) is 0 Å². The fourth-order valence-corrected chi connectivity index (χ4v) is 3.13. The number of carbonyl (C=O) groups is 1.